The van der Waals surface area contributed by atoms with Gasteiger partial charge in [-0.15, -0.1) is 0 Å². The van der Waals surface area contributed by atoms with Crippen molar-refractivity contribution in [3.63, 3.8) is 0 Å². The predicted molar refractivity (Wildman–Crippen MR) is 69.0 cm³/mol. The first kappa shape index (κ1) is 13.6. The Bertz CT molecular complexity index is 485. The van der Waals surface area contributed by atoms with Gasteiger partial charge >= 0.3 is 5.97 Å². The highest BCUT2D eigenvalue weighted by molar-refractivity contribution is 5.98. The van der Waals surface area contributed by atoms with Gasteiger partial charge in [-0.25, -0.2) is 4.79 Å². The second kappa shape index (κ2) is 5.07. The topological polar surface area (TPSA) is 70.8 Å². The number of rotatable bonds is 3. The van der Waals surface area contributed by atoms with Crippen molar-refractivity contribution < 1.29 is 19.1 Å². The summed E-state index contributed by atoms with van der Waals surface area (Å²) in [7, 11) is 1.58. The molecule has 1 aliphatic carbocycles. The van der Waals surface area contributed by atoms with Gasteiger partial charge in [0.2, 0.25) is 0 Å². The number of hydrogen-bond acceptors (Lipinski definition) is 3. The molecule has 0 spiro atoms. The molecule has 1 aromatic heterocycles. The molecule has 2 rings (SSSR count). The van der Waals surface area contributed by atoms with Crippen molar-refractivity contribution in [3.05, 3.63) is 23.7 Å². The molecule has 1 N–H and O–H groups in total. The molecule has 1 saturated carbocycles. The summed E-state index contributed by atoms with van der Waals surface area (Å²) in [4.78, 5) is 25.5. The summed E-state index contributed by atoms with van der Waals surface area (Å²) < 4.78 is 5.12. The highest BCUT2D eigenvalue weighted by Gasteiger charge is 2.45. The molecule has 0 unspecified atom stereocenters. The van der Waals surface area contributed by atoms with Crippen molar-refractivity contribution in [1.82, 2.24) is 4.90 Å². The summed E-state index contributed by atoms with van der Waals surface area (Å²) in [5, 5.41) is 9.56. The van der Waals surface area contributed by atoms with Gasteiger partial charge in [0.25, 0.3) is 5.91 Å². The van der Waals surface area contributed by atoms with Crippen LogP contribution in [-0.2, 0) is 4.79 Å². The maximum atomic E-state index is 12.4. The van der Waals surface area contributed by atoms with Crippen molar-refractivity contribution in [2.45, 2.75) is 44.6 Å². The number of hydrogen-bond donors (Lipinski definition) is 1. The molecular weight excluding hydrogens is 246 g/mol. The smallest absolute Gasteiger partial charge is 0.329 e. The molecule has 1 aromatic rings. The Morgan fingerprint density at radius 3 is 2.42 bits per heavy atom. The van der Waals surface area contributed by atoms with Gasteiger partial charge in [-0.2, -0.15) is 0 Å². The molecule has 0 saturated heterocycles. The molecule has 0 aliphatic heterocycles. The third kappa shape index (κ3) is 2.25. The van der Waals surface area contributed by atoms with Crippen LogP contribution in [0.4, 0.5) is 0 Å². The molecule has 104 valence electrons. The van der Waals surface area contributed by atoms with Crippen LogP contribution in [0.5, 0.6) is 0 Å². The van der Waals surface area contributed by atoms with Crippen LogP contribution < -0.4 is 0 Å². The van der Waals surface area contributed by atoms with Crippen molar-refractivity contribution in [2.24, 2.45) is 0 Å². The van der Waals surface area contributed by atoms with Crippen molar-refractivity contribution >= 4 is 11.9 Å². The van der Waals surface area contributed by atoms with Crippen LogP contribution >= 0.6 is 0 Å². The number of carbonyl (C=O) groups is 2. The van der Waals surface area contributed by atoms with Crippen molar-refractivity contribution in [1.29, 1.82) is 0 Å². The van der Waals surface area contributed by atoms with E-state index in [0.717, 1.165) is 19.3 Å². The van der Waals surface area contributed by atoms with Gasteiger partial charge in [-0.1, -0.05) is 19.3 Å². The lowest BCUT2D eigenvalue weighted by molar-refractivity contribution is -0.151. The second-order valence-electron chi connectivity index (χ2n) is 5.15. The third-order valence-electron chi connectivity index (χ3n) is 4.11. The van der Waals surface area contributed by atoms with Crippen LogP contribution in [0, 0.1) is 6.92 Å². The number of likely N-dealkylation sites (N-methyl/N-ethyl adjacent to an activating group) is 1. The quantitative estimate of drug-likeness (QED) is 0.911. The summed E-state index contributed by atoms with van der Waals surface area (Å²) in [6, 6.07) is 1.59. The van der Waals surface area contributed by atoms with Crippen LogP contribution in [0.3, 0.4) is 0 Å². The summed E-state index contributed by atoms with van der Waals surface area (Å²) in [5.74, 6) is -0.673. The van der Waals surface area contributed by atoms with Gasteiger partial charge < -0.3 is 14.4 Å². The molecule has 1 amide bonds. The van der Waals surface area contributed by atoms with Gasteiger partial charge in [0.1, 0.15) is 11.3 Å². The average molecular weight is 265 g/mol. The minimum Gasteiger partial charge on any atom is -0.479 e. The molecule has 1 fully saturated rings. The number of furan rings is 1. The van der Waals surface area contributed by atoms with Gasteiger partial charge in [0, 0.05) is 7.05 Å². The Labute approximate surface area is 112 Å². The van der Waals surface area contributed by atoms with E-state index in [9.17, 15) is 14.7 Å². The van der Waals surface area contributed by atoms with E-state index in [0.29, 0.717) is 24.2 Å². The molecule has 0 bridgehead atoms. The molecule has 19 heavy (non-hydrogen) atoms. The molecular formula is C14H19NO4. The van der Waals surface area contributed by atoms with Crippen LogP contribution in [0.1, 0.15) is 48.2 Å². The SMILES string of the molecule is Cc1occc1C(=O)N(C)C1(C(=O)O)CCCCC1. The Morgan fingerprint density at radius 1 is 1.32 bits per heavy atom. The zero-order chi connectivity index (χ0) is 14.0. The van der Waals surface area contributed by atoms with E-state index in [4.69, 9.17) is 4.42 Å². The van der Waals surface area contributed by atoms with E-state index >= 15 is 0 Å². The first-order valence-electron chi connectivity index (χ1n) is 6.55. The Kier molecular flexibility index (Phi) is 3.64. The van der Waals surface area contributed by atoms with E-state index in [1.165, 1.54) is 11.2 Å². The first-order valence-corrected chi connectivity index (χ1v) is 6.55. The number of amides is 1. The fraction of sp³-hybridized carbons (Fsp3) is 0.571. The number of carbonyl (C=O) groups excluding carboxylic acids is 1. The Balaban J connectivity index is 2.30. The fourth-order valence-electron chi connectivity index (χ4n) is 2.81. The largest absolute Gasteiger partial charge is 0.479 e. The number of carboxylic acids is 1. The molecule has 1 aliphatic rings. The van der Waals surface area contributed by atoms with Crippen LogP contribution in [-0.4, -0.2) is 34.5 Å². The summed E-state index contributed by atoms with van der Waals surface area (Å²) in [5.41, 5.74) is -0.632. The molecule has 5 heteroatoms. The van der Waals surface area contributed by atoms with Gasteiger partial charge in [0.15, 0.2) is 0 Å². The maximum Gasteiger partial charge on any atom is 0.329 e. The van der Waals surface area contributed by atoms with Gasteiger partial charge in [-0.3, -0.25) is 4.79 Å². The monoisotopic (exact) mass is 265 g/mol. The highest BCUT2D eigenvalue weighted by Crippen LogP contribution is 2.34. The van der Waals surface area contributed by atoms with Crippen molar-refractivity contribution in [3.8, 4) is 0 Å². The van der Waals surface area contributed by atoms with E-state index in [-0.39, 0.29) is 5.91 Å². The van der Waals surface area contributed by atoms with E-state index in [1.54, 1.807) is 20.0 Å². The molecule has 1 heterocycles. The molecule has 0 aromatic carbocycles. The van der Waals surface area contributed by atoms with Crippen LogP contribution in [0.15, 0.2) is 16.7 Å². The lowest BCUT2D eigenvalue weighted by Crippen LogP contribution is -2.56. The second-order valence-corrected chi connectivity index (χ2v) is 5.15. The summed E-state index contributed by atoms with van der Waals surface area (Å²) in [6.07, 6.45) is 5.19. The molecule has 0 atom stereocenters. The highest BCUT2D eigenvalue weighted by atomic mass is 16.4. The van der Waals surface area contributed by atoms with E-state index < -0.39 is 11.5 Å². The number of carboxylic acid groups (broad SMARTS) is 1. The standard InChI is InChI=1S/C14H19NO4/c1-10-11(6-9-19-10)12(16)15(2)14(13(17)18)7-4-3-5-8-14/h6,9H,3-5,7-8H2,1-2H3,(H,17,18). The maximum absolute atomic E-state index is 12.4. The zero-order valence-corrected chi connectivity index (χ0v) is 11.3. The third-order valence-corrected chi connectivity index (χ3v) is 4.11. The summed E-state index contributed by atoms with van der Waals surface area (Å²) in [6.45, 7) is 1.70. The predicted octanol–water partition coefficient (Wildman–Crippen LogP) is 2.45. The minimum atomic E-state index is -1.07. The van der Waals surface area contributed by atoms with Crippen molar-refractivity contribution in [2.75, 3.05) is 7.05 Å². The Hall–Kier alpha value is -1.78. The van der Waals surface area contributed by atoms with E-state index in [1.807, 2.05) is 0 Å². The number of aryl methyl sites for hydroxylation is 1. The minimum absolute atomic E-state index is 0.282. The number of aliphatic carboxylic acids is 1. The Morgan fingerprint density at radius 2 is 1.95 bits per heavy atom. The number of nitrogens with zero attached hydrogens (tertiary/aromatic N) is 1. The molecule has 0 radical (unpaired) electrons. The fourth-order valence-corrected chi connectivity index (χ4v) is 2.81. The normalized spacial score (nSPS) is 18.0. The van der Waals surface area contributed by atoms with Crippen LogP contribution in [0.25, 0.3) is 0 Å². The first-order chi connectivity index (χ1) is 8.99. The lowest BCUT2D eigenvalue weighted by Gasteiger charge is -2.40. The van der Waals surface area contributed by atoms with Crippen LogP contribution in [0.2, 0.25) is 0 Å². The van der Waals surface area contributed by atoms with Gasteiger partial charge in [0.05, 0.1) is 11.8 Å². The zero-order valence-electron chi connectivity index (χ0n) is 11.3. The van der Waals surface area contributed by atoms with Gasteiger partial charge in [-0.05, 0) is 25.8 Å². The van der Waals surface area contributed by atoms with E-state index in [2.05, 4.69) is 0 Å². The summed E-state index contributed by atoms with van der Waals surface area (Å²) >= 11 is 0. The lowest BCUT2D eigenvalue weighted by atomic mass is 9.80. The molecule has 5 nitrogen and oxygen atoms in total. The average Bonchev–Trinajstić information content (AvgIpc) is 2.84.